The van der Waals surface area contributed by atoms with Gasteiger partial charge in [-0.25, -0.2) is 0 Å². The Kier molecular flexibility index (Phi) is 8.57. The Morgan fingerprint density at radius 3 is 2.67 bits per heavy atom. The fourth-order valence-corrected chi connectivity index (χ4v) is 4.19. The molecule has 0 aromatic heterocycles. The lowest BCUT2D eigenvalue weighted by molar-refractivity contribution is -0.121. The van der Waals surface area contributed by atoms with Crippen LogP contribution in [0.25, 0.3) is 0 Å². The molecule has 3 aromatic rings. The van der Waals surface area contributed by atoms with Crippen LogP contribution in [0.1, 0.15) is 18.4 Å². The van der Waals surface area contributed by atoms with Crippen molar-refractivity contribution in [1.29, 1.82) is 0 Å². The normalized spacial score (nSPS) is 12.5. The molecule has 1 aliphatic heterocycles. The van der Waals surface area contributed by atoms with Gasteiger partial charge in [0.2, 0.25) is 0 Å². The van der Waals surface area contributed by atoms with Crippen molar-refractivity contribution >= 4 is 46.4 Å². The van der Waals surface area contributed by atoms with Crippen molar-refractivity contribution in [2.75, 3.05) is 36.6 Å². The van der Waals surface area contributed by atoms with Gasteiger partial charge in [0.1, 0.15) is 17.2 Å². The fraction of sp³-hybridized carbons (Fsp3) is 0.259. The first-order valence-corrected chi connectivity index (χ1v) is 12.3. The topological polar surface area (TPSA) is 77.1 Å². The van der Waals surface area contributed by atoms with Gasteiger partial charge in [-0.3, -0.25) is 9.59 Å². The summed E-state index contributed by atoms with van der Waals surface area (Å²) in [4.78, 5) is 26.7. The van der Waals surface area contributed by atoms with E-state index in [9.17, 15) is 9.59 Å². The Bertz CT molecular complexity index is 1250. The van der Waals surface area contributed by atoms with E-state index in [1.165, 1.54) is 0 Å². The second-order valence-electron chi connectivity index (χ2n) is 8.25. The van der Waals surface area contributed by atoms with E-state index < -0.39 is 0 Å². The average molecular weight is 529 g/mol. The van der Waals surface area contributed by atoms with E-state index in [0.717, 1.165) is 24.2 Å². The van der Waals surface area contributed by atoms with Crippen LogP contribution in [0.2, 0.25) is 10.0 Å². The van der Waals surface area contributed by atoms with Crippen molar-refractivity contribution in [2.24, 2.45) is 0 Å². The van der Waals surface area contributed by atoms with E-state index in [1.807, 2.05) is 31.2 Å². The molecule has 0 aliphatic carbocycles. The van der Waals surface area contributed by atoms with Crippen molar-refractivity contribution < 1.29 is 23.8 Å². The summed E-state index contributed by atoms with van der Waals surface area (Å²) in [6.07, 6.45) is 1.54. The summed E-state index contributed by atoms with van der Waals surface area (Å²) < 4.78 is 16.9. The van der Waals surface area contributed by atoms with Crippen LogP contribution in [0.5, 0.6) is 17.2 Å². The predicted octanol–water partition coefficient (Wildman–Crippen LogP) is 5.90. The average Bonchev–Trinajstić information content (AvgIpc) is 2.85. The highest BCUT2D eigenvalue weighted by Gasteiger charge is 2.25. The number of halogens is 2. The molecule has 188 valence electrons. The molecule has 0 fully saturated rings. The Morgan fingerprint density at radius 1 is 1.03 bits per heavy atom. The number of carbonyl (C=O) groups excluding carboxylic acids is 2. The quantitative estimate of drug-likeness (QED) is 0.331. The van der Waals surface area contributed by atoms with E-state index in [2.05, 4.69) is 5.32 Å². The van der Waals surface area contributed by atoms with Crippen LogP contribution in [-0.2, 0) is 9.59 Å². The zero-order valence-electron chi connectivity index (χ0n) is 19.8. The Balaban J connectivity index is 1.32. The van der Waals surface area contributed by atoms with Gasteiger partial charge in [0.15, 0.2) is 13.2 Å². The molecule has 2 amide bonds. The molecule has 0 saturated carbocycles. The van der Waals surface area contributed by atoms with Gasteiger partial charge in [0.05, 0.1) is 17.3 Å². The van der Waals surface area contributed by atoms with Gasteiger partial charge in [-0.15, -0.1) is 0 Å². The number of carbonyl (C=O) groups is 2. The maximum atomic E-state index is 12.6. The monoisotopic (exact) mass is 528 g/mol. The molecule has 0 atom stereocenters. The van der Waals surface area contributed by atoms with Crippen LogP contribution in [-0.4, -0.2) is 38.2 Å². The summed E-state index contributed by atoms with van der Waals surface area (Å²) in [5.41, 5.74) is 2.23. The minimum absolute atomic E-state index is 0.0197. The maximum absolute atomic E-state index is 12.6. The fourth-order valence-electron chi connectivity index (χ4n) is 3.73. The lowest BCUT2D eigenvalue weighted by atomic mass is 10.2. The van der Waals surface area contributed by atoms with Crippen molar-refractivity contribution in [2.45, 2.75) is 19.8 Å². The molecular formula is C27H26Cl2N2O5. The van der Waals surface area contributed by atoms with Crippen molar-refractivity contribution in [3.8, 4) is 17.2 Å². The van der Waals surface area contributed by atoms with Gasteiger partial charge in [-0.1, -0.05) is 41.4 Å². The number of hydrogen-bond donors (Lipinski definition) is 1. The van der Waals surface area contributed by atoms with Crippen LogP contribution in [0.4, 0.5) is 11.4 Å². The first-order chi connectivity index (χ1) is 17.4. The largest absolute Gasteiger partial charge is 0.493 e. The van der Waals surface area contributed by atoms with Gasteiger partial charge in [0.25, 0.3) is 11.8 Å². The zero-order chi connectivity index (χ0) is 25.5. The van der Waals surface area contributed by atoms with Crippen LogP contribution in [0, 0.1) is 6.92 Å². The number of nitrogens with one attached hydrogen (secondary N) is 1. The molecular weight excluding hydrogens is 503 g/mol. The SMILES string of the molecule is Cc1ccccc1OCCCCN1C(=O)COc2ccc(NC(=O)COc3ccc(Cl)cc3Cl)cc21. The van der Waals surface area contributed by atoms with Crippen molar-refractivity contribution in [3.63, 3.8) is 0 Å². The molecule has 3 aromatic carbocycles. The summed E-state index contributed by atoms with van der Waals surface area (Å²) in [5, 5.41) is 3.58. The number of fused-ring (bicyclic) bond motifs is 1. The molecule has 0 spiro atoms. The molecule has 0 bridgehead atoms. The molecule has 0 radical (unpaired) electrons. The number of amides is 2. The number of aryl methyl sites for hydroxylation is 1. The van der Waals surface area contributed by atoms with Crippen LogP contribution < -0.4 is 24.4 Å². The molecule has 4 rings (SSSR count). The zero-order valence-corrected chi connectivity index (χ0v) is 21.3. The van der Waals surface area contributed by atoms with E-state index in [-0.39, 0.29) is 25.0 Å². The Hall–Kier alpha value is -3.42. The summed E-state index contributed by atoms with van der Waals surface area (Å²) in [5.74, 6) is 1.31. The minimum Gasteiger partial charge on any atom is -0.493 e. The summed E-state index contributed by atoms with van der Waals surface area (Å²) >= 11 is 12.0. The van der Waals surface area contributed by atoms with E-state index in [4.69, 9.17) is 37.4 Å². The molecule has 0 unspecified atom stereocenters. The Labute approximate surface area is 219 Å². The van der Waals surface area contributed by atoms with Crippen molar-refractivity contribution in [1.82, 2.24) is 0 Å². The second-order valence-corrected chi connectivity index (χ2v) is 9.09. The highest BCUT2D eigenvalue weighted by atomic mass is 35.5. The standard InChI is InChI=1S/C27H26Cl2N2O5/c1-18-6-2-3-7-23(18)34-13-5-4-12-31-22-15-20(9-11-25(22)36-17-27(31)33)30-26(32)16-35-24-10-8-19(28)14-21(24)29/h2-3,6-11,14-15H,4-5,12-13,16-17H2,1H3,(H,30,32). The summed E-state index contributed by atoms with van der Waals surface area (Å²) in [6.45, 7) is 2.83. The lowest BCUT2D eigenvalue weighted by Crippen LogP contribution is -2.39. The van der Waals surface area contributed by atoms with Gasteiger partial charge in [0, 0.05) is 17.3 Å². The first-order valence-electron chi connectivity index (χ1n) is 11.5. The number of ether oxygens (including phenoxy) is 3. The number of para-hydroxylation sites is 1. The van der Waals surface area contributed by atoms with E-state index >= 15 is 0 Å². The Morgan fingerprint density at radius 2 is 1.86 bits per heavy atom. The highest BCUT2D eigenvalue weighted by molar-refractivity contribution is 6.35. The smallest absolute Gasteiger partial charge is 0.265 e. The number of benzene rings is 3. The summed E-state index contributed by atoms with van der Waals surface area (Å²) in [7, 11) is 0. The molecule has 36 heavy (non-hydrogen) atoms. The molecule has 1 N–H and O–H groups in total. The van der Waals surface area contributed by atoms with Crippen molar-refractivity contribution in [3.05, 3.63) is 76.3 Å². The highest BCUT2D eigenvalue weighted by Crippen LogP contribution is 2.35. The van der Waals surface area contributed by atoms with Gasteiger partial charge >= 0.3 is 0 Å². The molecule has 1 heterocycles. The third-order valence-electron chi connectivity index (χ3n) is 5.57. The molecule has 1 aliphatic rings. The number of unbranched alkanes of at least 4 members (excludes halogenated alkanes) is 1. The maximum Gasteiger partial charge on any atom is 0.265 e. The van der Waals surface area contributed by atoms with E-state index in [0.29, 0.717) is 46.1 Å². The van der Waals surface area contributed by atoms with Crippen LogP contribution in [0.3, 0.4) is 0 Å². The lowest BCUT2D eigenvalue weighted by Gasteiger charge is -2.30. The number of anilines is 2. The first kappa shape index (κ1) is 25.7. The summed E-state index contributed by atoms with van der Waals surface area (Å²) in [6, 6.07) is 17.8. The van der Waals surface area contributed by atoms with Crippen LogP contribution in [0.15, 0.2) is 60.7 Å². The molecule has 7 nitrogen and oxygen atoms in total. The third-order valence-corrected chi connectivity index (χ3v) is 6.10. The van der Waals surface area contributed by atoms with Crippen LogP contribution >= 0.6 is 23.2 Å². The third kappa shape index (κ3) is 6.62. The van der Waals surface area contributed by atoms with E-state index in [1.54, 1.807) is 41.3 Å². The van der Waals surface area contributed by atoms with Gasteiger partial charge in [-0.05, 0) is 67.8 Å². The second kappa shape index (κ2) is 12.0. The number of nitrogens with zero attached hydrogens (tertiary/aromatic N) is 1. The number of hydrogen-bond acceptors (Lipinski definition) is 5. The predicted molar refractivity (Wildman–Crippen MR) is 141 cm³/mol. The minimum atomic E-state index is -0.371. The molecule has 0 saturated heterocycles. The number of rotatable bonds is 10. The van der Waals surface area contributed by atoms with Gasteiger partial charge in [-0.2, -0.15) is 0 Å². The van der Waals surface area contributed by atoms with Gasteiger partial charge < -0.3 is 24.4 Å². The molecule has 9 heteroatoms.